The molecule has 1 aliphatic rings. The molecule has 1 unspecified atom stereocenters. The van der Waals surface area contributed by atoms with E-state index in [1.54, 1.807) is 18.5 Å². The van der Waals surface area contributed by atoms with Crippen LogP contribution in [0.1, 0.15) is 18.4 Å². The first-order chi connectivity index (χ1) is 8.72. The van der Waals surface area contributed by atoms with E-state index in [4.69, 9.17) is 15.7 Å². The normalized spacial score (nSPS) is 20.1. The third kappa shape index (κ3) is 2.70. The Morgan fingerprint density at radius 1 is 1.72 bits per heavy atom. The van der Waals surface area contributed by atoms with E-state index < -0.39 is 0 Å². The maximum atomic E-state index is 8.78. The van der Waals surface area contributed by atoms with Gasteiger partial charge in [-0.15, -0.1) is 0 Å². The van der Waals surface area contributed by atoms with Crippen LogP contribution in [0.4, 0.5) is 5.69 Å². The Hall–Kier alpha value is -1.82. The zero-order valence-corrected chi connectivity index (χ0v) is 10.4. The van der Waals surface area contributed by atoms with Gasteiger partial charge in [-0.25, -0.2) is 0 Å². The molecule has 2 heterocycles. The second-order valence-electron chi connectivity index (χ2n) is 4.39. The molecule has 0 bridgehead atoms. The van der Waals surface area contributed by atoms with Crippen LogP contribution in [0, 0.1) is 0 Å². The summed E-state index contributed by atoms with van der Waals surface area (Å²) in [5, 5.41) is 11.8. The van der Waals surface area contributed by atoms with E-state index in [1.165, 1.54) is 0 Å². The summed E-state index contributed by atoms with van der Waals surface area (Å²) in [6.07, 6.45) is 5.76. The van der Waals surface area contributed by atoms with E-state index in [1.807, 2.05) is 11.9 Å². The molecular weight excluding hydrogens is 232 g/mol. The second kappa shape index (κ2) is 5.68. The van der Waals surface area contributed by atoms with Crippen LogP contribution in [-0.4, -0.2) is 42.3 Å². The molecule has 18 heavy (non-hydrogen) atoms. The van der Waals surface area contributed by atoms with Crippen LogP contribution in [0.25, 0.3) is 0 Å². The smallest absolute Gasteiger partial charge is 0.172 e. The van der Waals surface area contributed by atoms with Gasteiger partial charge in [-0.3, -0.25) is 4.98 Å². The Balaban J connectivity index is 2.16. The van der Waals surface area contributed by atoms with Gasteiger partial charge >= 0.3 is 0 Å². The summed E-state index contributed by atoms with van der Waals surface area (Å²) in [7, 11) is 1.95. The first-order valence-corrected chi connectivity index (χ1v) is 5.97. The van der Waals surface area contributed by atoms with Gasteiger partial charge in [0.1, 0.15) is 0 Å². The number of aromatic nitrogens is 1. The summed E-state index contributed by atoms with van der Waals surface area (Å²) in [6, 6.07) is 1.73. The summed E-state index contributed by atoms with van der Waals surface area (Å²) in [5.74, 6) is 0.0894. The van der Waals surface area contributed by atoms with E-state index in [-0.39, 0.29) is 11.9 Å². The van der Waals surface area contributed by atoms with Gasteiger partial charge in [-0.05, 0) is 18.9 Å². The molecule has 6 heteroatoms. The predicted octanol–water partition coefficient (Wildman–Crippen LogP) is 0.791. The molecule has 0 spiro atoms. The average molecular weight is 250 g/mol. The molecule has 3 N–H and O–H groups in total. The van der Waals surface area contributed by atoms with E-state index in [2.05, 4.69) is 10.1 Å². The Kier molecular flexibility index (Phi) is 3.99. The number of likely N-dealkylation sites (N-methyl/N-ethyl adjacent to an activating group) is 1. The van der Waals surface area contributed by atoms with Crippen LogP contribution in [0.3, 0.4) is 0 Å². The molecule has 0 saturated carbocycles. The van der Waals surface area contributed by atoms with Gasteiger partial charge in [0.15, 0.2) is 5.84 Å². The number of hydrogen-bond acceptors (Lipinski definition) is 5. The highest BCUT2D eigenvalue weighted by Gasteiger charge is 2.19. The summed E-state index contributed by atoms with van der Waals surface area (Å²) in [4.78, 5) is 6.11. The third-order valence-corrected chi connectivity index (χ3v) is 3.10. The maximum Gasteiger partial charge on any atom is 0.172 e. The molecule has 1 aromatic rings. The lowest BCUT2D eigenvalue weighted by atomic mass is 10.1. The van der Waals surface area contributed by atoms with Gasteiger partial charge in [0.05, 0.1) is 18.0 Å². The molecule has 6 nitrogen and oxygen atoms in total. The maximum absolute atomic E-state index is 8.78. The van der Waals surface area contributed by atoms with Crippen molar-refractivity contribution in [1.29, 1.82) is 0 Å². The van der Waals surface area contributed by atoms with Crippen molar-refractivity contribution in [2.75, 3.05) is 25.1 Å². The lowest BCUT2D eigenvalue weighted by molar-refractivity contribution is 0.116. The Morgan fingerprint density at radius 3 is 3.22 bits per heavy atom. The van der Waals surface area contributed by atoms with Crippen molar-refractivity contribution in [2.45, 2.75) is 18.9 Å². The fourth-order valence-electron chi connectivity index (χ4n) is 2.15. The highest BCUT2D eigenvalue weighted by Crippen LogP contribution is 2.20. The fourth-order valence-corrected chi connectivity index (χ4v) is 2.15. The minimum atomic E-state index is 0.0894. The largest absolute Gasteiger partial charge is 0.409 e. The summed E-state index contributed by atoms with van der Waals surface area (Å²) >= 11 is 0. The van der Waals surface area contributed by atoms with E-state index in [9.17, 15) is 0 Å². The predicted molar refractivity (Wildman–Crippen MR) is 69.0 cm³/mol. The number of anilines is 1. The standard InChI is InChI=1S/C12H18N4O2/c1-16(8-9-3-2-6-18-9)11-7-14-5-4-10(11)12(13)15-17/h4-5,7,9,17H,2-3,6,8H2,1H3,(H2,13,15). The molecule has 1 aromatic heterocycles. The molecule has 0 amide bonds. The van der Waals surface area contributed by atoms with Crippen molar-refractivity contribution in [2.24, 2.45) is 10.9 Å². The molecular formula is C12H18N4O2. The minimum Gasteiger partial charge on any atom is -0.409 e. The van der Waals surface area contributed by atoms with Gasteiger partial charge in [-0.2, -0.15) is 0 Å². The van der Waals surface area contributed by atoms with Gasteiger partial charge in [0.2, 0.25) is 0 Å². The topological polar surface area (TPSA) is 84.0 Å². The van der Waals surface area contributed by atoms with Crippen molar-refractivity contribution in [3.05, 3.63) is 24.0 Å². The summed E-state index contributed by atoms with van der Waals surface area (Å²) < 4.78 is 5.60. The third-order valence-electron chi connectivity index (χ3n) is 3.10. The second-order valence-corrected chi connectivity index (χ2v) is 4.39. The van der Waals surface area contributed by atoms with Crippen LogP contribution < -0.4 is 10.6 Å². The van der Waals surface area contributed by atoms with Crippen molar-refractivity contribution < 1.29 is 9.94 Å². The van der Waals surface area contributed by atoms with Crippen LogP contribution in [0.15, 0.2) is 23.6 Å². The number of oxime groups is 1. The highest BCUT2D eigenvalue weighted by molar-refractivity contribution is 6.01. The first-order valence-electron chi connectivity index (χ1n) is 5.97. The molecule has 1 atom stereocenters. The molecule has 2 rings (SSSR count). The lowest BCUT2D eigenvalue weighted by Gasteiger charge is -2.24. The van der Waals surface area contributed by atoms with Gasteiger partial charge in [0.25, 0.3) is 0 Å². The monoisotopic (exact) mass is 250 g/mol. The molecule has 1 saturated heterocycles. The molecule has 1 aliphatic heterocycles. The highest BCUT2D eigenvalue weighted by atomic mass is 16.5. The van der Waals surface area contributed by atoms with E-state index in [0.29, 0.717) is 5.56 Å². The molecule has 0 aliphatic carbocycles. The van der Waals surface area contributed by atoms with Crippen LogP contribution in [0.5, 0.6) is 0 Å². The van der Waals surface area contributed by atoms with Crippen LogP contribution in [0.2, 0.25) is 0 Å². The fraction of sp³-hybridized carbons (Fsp3) is 0.500. The molecule has 1 fully saturated rings. The van der Waals surface area contributed by atoms with Gasteiger partial charge in [0, 0.05) is 32.0 Å². The van der Waals surface area contributed by atoms with E-state index in [0.717, 1.165) is 31.7 Å². The quantitative estimate of drug-likeness (QED) is 0.357. The Labute approximate surface area is 106 Å². The number of rotatable bonds is 4. The summed E-state index contributed by atoms with van der Waals surface area (Å²) in [6.45, 7) is 1.61. The average Bonchev–Trinajstić information content (AvgIpc) is 2.90. The van der Waals surface area contributed by atoms with Crippen molar-refractivity contribution >= 4 is 11.5 Å². The molecule has 0 radical (unpaired) electrons. The van der Waals surface area contributed by atoms with Crippen molar-refractivity contribution in [3.63, 3.8) is 0 Å². The number of nitrogens with zero attached hydrogens (tertiary/aromatic N) is 3. The summed E-state index contributed by atoms with van der Waals surface area (Å²) in [5.41, 5.74) is 7.17. The minimum absolute atomic E-state index is 0.0894. The number of amidine groups is 1. The van der Waals surface area contributed by atoms with E-state index >= 15 is 0 Å². The molecule has 0 aromatic carbocycles. The van der Waals surface area contributed by atoms with Crippen molar-refractivity contribution in [1.82, 2.24) is 4.98 Å². The zero-order valence-electron chi connectivity index (χ0n) is 10.4. The van der Waals surface area contributed by atoms with Gasteiger partial charge in [-0.1, -0.05) is 5.16 Å². The van der Waals surface area contributed by atoms with Gasteiger partial charge < -0.3 is 20.6 Å². The number of pyridine rings is 1. The number of hydrogen-bond donors (Lipinski definition) is 2. The van der Waals surface area contributed by atoms with Crippen molar-refractivity contribution in [3.8, 4) is 0 Å². The zero-order chi connectivity index (χ0) is 13.0. The number of nitrogens with two attached hydrogens (primary N) is 1. The Morgan fingerprint density at radius 2 is 2.56 bits per heavy atom. The van der Waals surface area contributed by atoms with Crippen LogP contribution in [-0.2, 0) is 4.74 Å². The SMILES string of the molecule is CN(CC1CCCO1)c1cnccc1/C(N)=N/O. The first kappa shape index (κ1) is 12.6. The van der Waals surface area contributed by atoms with Crippen LogP contribution >= 0.6 is 0 Å². The number of ether oxygens (including phenoxy) is 1. The molecule has 98 valence electrons. The lowest BCUT2D eigenvalue weighted by Crippen LogP contribution is -2.30. The Bertz CT molecular complexity index is 430.